The number of anilines is 4. The maximum absolute atomic E-state index is 12.8. The molecule has 0 bridgehead atoms. The second-order valence-corrected chi connectivity index (χ2v) is 9.21. The predicted octanol–water partition coefficient (Wildman–Crippen LogP) is 5.03. The molecule has 0 radical (unpaired) electrons. The Morgan fingerprint density at radius 3 is 2.66 bits per heavy atom. The summed E-state index contributed by atoms with van der Waals surface area (Å²) in [5, 5.41) is 14.1. The summed E-state index contributed by atoms with van der Waals surface area (Å²) in [7, 11) is 0. The minimum atomic E-state index is -0.532. The molecule has 2 heterocycles. The number of nitrogens with one attached hydrogen (secondary N) is 3. The number of carbonyl (C=O) groups is 2. The average molecular weight is 512 g/mol. The van der Waals surface area contributed by atoms with Crippen LogP contribution in [0, 0.1) is 13.8 Å². The third-order valence-corrected chi connectivity index (χ3v) is 6.03. The van der Waals surface area contributed by atoms with Crippen LogP contribution in [0.15, 0.2) is 60.9 Å². The van der Waals surface area contributed by atoms with Crippen LogP contribution >= 0.6 is 0 Å². The Kier molecular flexibility index (Phi) is 7.03. The molecule has 0 saturated heterocycles. The maximum atomic E-state index is 12.8. The Labute approximate surface area is 220 Å². The van der Waals surface area contributed by atoms with E-state index in [0.717, 1.165) is 29.7 Å². The van der Waals surface area contributed by atoms with E-state index in [9.17, 15) is 9.59 Å². The van der Waals surface area contributed by atoms with Gasteiger partial charge in [0.1, 0.15) is 18.0 Å². The number of hydrogen-bond donors (Lipinski definition) is 3. The lowest BCUT2D eigenvalue weighted by molar-refractivity contribution is 0.0518. The Balaban J connectivity index is 1.45. The van der Waals surface area contributed by atoms with Gasteiger partial charge in [-0.1, -0.05) is 23.8 Å². The zero-order valence-electron chi connectivity index (χ0n) is 21.5. The quantitative estimate of drug-likeness (QED) is 0.268. The highest BCUT2D eigenvalue weighted by atomic mass is 16.5. The fourth-order valence-corrected chi connectivity index (χ4v) is 3.89. The molecule has 38 heavy (non-hydrogen) atoms. The molecule has 1 saturated carbocycles. The molecule has 194 valence electrons. The molecule has 1 amide bonds. The van der Waals surface area contributed by atoms with Crippen molar-refractivity contribution in [3.63, 3.8) is 0 Å². The van der Waals surface area contributed by atoms with E-state index in [1.54, 1.807) is 29.8 Å². The highest BCUT2D eigenvalue weighted by molar-refractivity contribution is 6.04. The molecule has 0 atom stereocenters. The van der Waals surface area contributed by atoms with Crippen molar-refractivity contribution in [3.05, 3.63) is 83.3 Å². The third-order valence-electron chi connectivity index (χ3n) is 6.03. The normalized spacial score (nSPS) is 12.6. The molecule has 1 aliphatic rings. The number of rotatable bonds is 9. The highest BCUT2D eigenvalue weighted by Gasteiger charge is 2.22. The Hall–Kier alpha value is -4.73. The summed E-state index contributed by atoms with van der Waals surface area (Å²) in [6.07, 6.45) is 3.68. The Bertz CT molecular complexity index is 1490. The Morgan fingerprint density at radius 1 is 1.05 bits per heavy atom. The van der Waals surface area contributed by atoms with Gasteiger partial charge in [0.2, 0.25) is 0 Å². The molecule has 0 spiro atoms. The van der Waals surface area contributed by atoms with Gasteiger partial charge in [-0.25, -0.2) is 14.8 Å². The minimum Gasteiger partial charge on any atom is -0.461 e. The van der Waals surface area contributed by atoms with Crippen LogP contribution in [-0.4, -0.2) is 44.3 Å². The molecule has 2 aromatic heterocycles. The lowest BCUT2D eigenvalue weighted by Crippen LogP contribution is -2.12. The van der Waals surface area contributed by atoms with E-state index in [4.69, 9.17) is 4.74 Å². The first kappa shape index (κ1) is 24.9. The zero-order chi connectivity index (χ0) is 26.6. The summed E-state index contributed by atoms with van der Waals surface area (Å²) < 4.78 is 6.71. The topological polar surface area (TPSA) is 123 Å². The number of benzene rings is 2. The van der Waals surface area contributed by atoms with Crippen LogP contribution in [0.25, 0.3) is 5.82 Å². The fraction of sp³-hybridized carbons (Fsp3) is 0.250. The summed E-state index contributed by atoms with van der Waals surface area (Å²) in [4.78, 5) is 34.0. The van der Waals surface area contributed by atoms with E-state index in [-0.39, 0.29) is 18.2 Å². The van der Waals surface area contributed by atoms with Gasteiger partial charge in [-0.2, -0.15) is 9.78 Å². The van der Waals surface area contributed by atoms with Crippen LogP contribution < -0.4 is 16.0 Å². The van der Waals surface area contributed by atoms with Crippen LogP contribution in [0.2, 0.25) is 0 Å². The second kappa shape index (κ2) is 10.7. The Morgan fingerprint density at radius 2 is 1.89 bits per heavy atom. The standard InChI is InChI=1S/C28H29N7O3/c1-4-38-28(37)23-14-26(35(34-23)25-15-24(29-16-30-25)31-20-10-11-20)33-22-13-21(9-8-18(22)3)32-27(36)19-7-5-6-17(2)12-19/h5-9,12-16,20,33H,4,10-11H2,1-3H3,(H,32,36)(H,29,30,31). The van der Waals surface area contributed by atoms with Crippen LogP contribution in [0.5, 0.6) is 0 Å². The highest BCUT2D eigenvalue weighted by Crippen LogP contribution is 2.28. The van der Waals surface area contributed by atoms with Crippen LogP contribution in [0.1, 0.15) is 51.7 Å². The minimum absolute atomic E-state index is 0.145. The number of ether oxygens (including phenoxy) is 1. The number of aryl methyl sites for hydroxylation is 2. The van der Waals surface area contributed by atoms with Gasteiger partial charge in [0.25, 0.3) is 5.91 Å². The lowest BCUT2D eigenvalue weighted by Gasteiger charge is -2.14. The van der Waals surface area contributed by atoms with E-state index in [1.165, 1.54) is 6.33 Å². The van der Waals surface area contributed by atoms with E-state index in [0.29, 0.717) is 34.7 Å². The lowest BCUT2D eigenvalue weighted by atomic mass is 10.1. The summed E-state index contributed by atoms with van der Waals surface area (Å²) in [5.41, 5.74) is 4.02. The van der Waals surface area contributed by atoms with E-state index < -0.39 is 5.97 Å². The van der Waals surface area contributed by atoms with Crippen LogP contribution in [0.4, 0.5) is 23.0 Å². The van der Waals surface area contributed by atoms with Crippen molar-refractivity contribution < 1.29 is 14.3 Å². The number of carbonyl (C=O) groups excluding carboxylic acids is 2. The molecular weight excluding hydrogens is 482 g/mol. The van der Waals surface area contributed by atoms with Gasteiger partial charge in [-0.3, -0.25) is 4.79 Å². The monoisotopic (exact) mass is 511 g/mol. The molecule has 10 nitrogen and oxygen atoms in total. The molecule has 1 fully saturated rings. The summed E-state index contributed by atoms with van der Waals surface area (Å²) in [5.74, 6) is 0.955. The SMILES string of the molecule is CCOC(=O)c1cc(Nc2cc(NC(=O)c3cccc(C)c3)ccc2C)n(-c2cc(NC3CC3)ncn2)n1. The number of esters is 1. The van der Waals surface area contributed by atoms with Crippen molar-refractivity contribution in [1.29, 1.82) is 0 Å². The number of amides is 1. The molecule has 4 aromatic rings. The first-order valence-corrected chi connectivity index (χ1v) is 12.5. The summed E-state index contributed by atoms with van der Waals surface area (Å²) in [6.45, 7) is 5.87. The molecular formula is C28H29N7O3. The van der Waals surface area contributed by atoms with Crippen molar-refractivity contribution in [2.24, 2.45) is 0 Å². The van der Waals surface area contributed by atoms with Crippen molar-refractivity contribution in [2.75, 3.05) is 22.6 Å². The number of aromatic nitrogens is 4. The van der Waals surface area contributed by atoms with Gasteiger partial charge in [-0.15, -0.1) is 0 Å². The number of hydrogen-bond acceptors (Lipinski definition) is 8. The van der Waals surface area contributed by atoms with Crippen molar-refractivity contribution in [3.8, 4) is 5.82 Å². The smallest absolute Gasteiger partial charge is 0.358 e. The van der Waals surface area contributed by atoms with E-state index in [2.05, 4.69) is 31.0 Å². The average Bonchev–Trinajstić information content (AvgIpc) is 3.62. The van der Waals surface area contributed by atoms with Crippen molar-refractivity contribution in [2.45, 2.75) is 39.7 Å². The molecule has 10 heteroatoms. The van der Waals surface area contributed by atoms with Gasteiger partial charge in [0, 0.05) is 35.1 Å². The first-order valence-electron chi connectivity index (χ1n) is 12.5. The first-order chi connectivity index (χ1) is 18.4. The fourth-order valence-electron chi connectivity index (χ4n) is 3.89. The molecule has 5 rings (SSSR count). The van der Waals surface area contributed by atoms with E-state index in [1.807, 2.05) is 50.2 Å². The van der Waals surface area contributed by atoms with Gasteiger partial charge in [0.15, 0.2) is 11.5 Å². The maximum Gasteiger partial charge on any atom is 0.358 e. The predicted molar refractivity (Wildman–Crippen MR) is 145 cm³/mol. The number of nitrogens with zero attached hydrogens (tertiary/aromatic N) is 4. The van der Waals surface area contributed by atoms with Gasteiger partial charge >= 0.3 is 5.97 Å². The zero-order valence-corrected chi connectivity index (χ0v) is 21.5. The summed E-state index contributed by atoms with van der Waals surface area (Å²) >= 11 is 0. The molecule has 2 aromatic carbocycles. The molecule has 1 aliphatic carbocycles. The molecule has 0 aliphatic heterocycles. The van der Waals surface area contributed by atoms with Gasteiger partial charge < -0.3 is 20.7 Å². The van der Waals surface area contributed by atoms with Gasteiger partial charge in [0.05, 0.1) is 6.61 Å². The van der Waals surface area contributed by atoms with Crippen LogP contribution in [-0.2, 0) is 4.74 Å². The van der Waals surface area contributed by atoms with Gasteiger partial charge in [-0.05, 0) is 63.4 Å². The van der Waals surface area contributed by atoms with Crippen molar-refractivity contribution in [1.82, 2.24) is 19.7 Å². The van der Waals surface area contributed by atoms with Crippen LogP contribution in [0.3, 0.4) is 0 Å². The third kappa shape index (κ3) is 5.80. The summed E-state index contributed by atoms with van der Waals surface area (Å²) in [6, 6.07) is 16.8. The van der Waals surface area contributed by atoms with Crippen molar-refractivity contribution >= 4 is 34.9 Å². The molecule has 0 unspecified atom stereocenters. The van der Waals surface area contributed by atoms with E-state index >= 15 is 0 Å². The second-order valence-electron chi connectivity index (χ2n) is 9.21. The molecule has 3 N–H and O–H groups in total. The largest absolute Gasteiger partial charge is 0.461 e.